The number of hydrogen-bond acceptors (Lipinski definition) is 2. The maximum Gasteiger partial charge on any atom is 0.132 e. The molecule has 76 valence electrons. The fourth-order valence-corrected chi connectivity index (χ4v) is 1.41. The molecule has 0 saturated carbocycles. The van der Waals surface area contributed by atoms with Crippen molar-refractivity contribution in [1.82, 2.24) is 4.98 Å². The molecule has 0 unspecified atom stereocenters. The molecule has 0 aliphatic heterocycles. The predicted octanol–water partition coefficient (Wildman–Crippen LogP) is 3.84. The highest BCUT2D eigenvalue weighted by Gasteiger charge is 2.00. The van der Waals surface area contributed by atoms with Crippen LogP contribution in [0, 0.1) is 6.92 Å². The van der Waals surface area contributed by atoms with E-state index in [9.17, 15) is 0 Å². The highest BCUT2D eigenvalue weighted by atomic mass is 35.5. The number of pyridine rings is 1. The van der Waals surface area contributed by atoms with Crippen LogP contribution >= 0.6 is 11.6 Å². The van der Waals surface area contributed by atoms with Gasteiger partial charge in [-0.15, -0.1) is 0 Å². The summed E-state index contributed by atoms with van der Waals surface area (Å²) in [6.07, 6.45) is 1.62. The number of benzene rings is 1. The topological polar surface area (TPSA) is 22.1 Å². The quantitative estimate of drug-likeness (QED) is 0.716. The molecule has 0 atom stereocenters. The lowest BCUT2D eigenvalue weighted by molar-refractivity contribution is 0.478. The van der Waals surface area contributed by atoms with Gasteiger partial charge in [0.15, 0.2) is 0 Å². The Morgan fingerprint density at radius 2 is 2.00 bits per heavy atom. The van der Waals surface area contributed by atoms with Crippen LogP contribution in [0.1, 0.15) is 5.56 Å². The molecule has 1 heterocycles. The molecule has 0 saturated heterocycles. The number of rotatable bonds is 2. The molecule has 0 spiro atoms. The number of ether oxygens (including phenoxy) is 1. The van der Waals surface area contributed by atoms with Gasteiger partial charge in [-0.2, -0.15) is 0 Å². The van der Waals surface area contributed by atoms with Crippen LogP contribution in [0.25, 0.3) is 0 Å². The Kier molecular flexibility index (Phi) is 2.88. The lowest BCUT2D eigenvalue weighted by Gasteiger charge is -2.07. The Morgan fingerprint density at radius 3 is 2.73 bits per heavy atom. The first-order valence-electron chi connectivity index (χ1n) is 4.61. The molecule has 0 amide bonds. The summed E-state index contributed by atoms with van der Waals surface area (Å²) in [5.41, 5.74) is 1.09. The molecule has 2 nitrogen and oxygen atoms in total. The second-order valence-corrected chi connectivity index (χ2v) is 3.57. The number of hydrogen-bond donors (Lipinski definition) is 0. The van der Waals surface area contributed by atoms with E-state index in [1.807, 2.05) is 31.2 Å². The number of aryl methyl sites for hydroxylation is 1. The van der Waals surface area contributed by atoms with Crippen molar-refractivity contribution < 1.29 is 4.74 Å². The molecular weight excluding hydrogens is 210 g/mol. The van der Waals surface area contributed by atoms with Crippen LogP contribution in [0.5, 0.6) is 11.5 Å². The fourth-order valence-electron chi connectivity index (χ4n) is 1.25. The van der Waals surface area contributed by atoms with Crippen molar-refractivity contribution in [2.75, 3.05) is 0 Å². The second kappa shape index (κ2) is 4.32. The van der Waals surface area contributed by atoms with Gasteiger partial charge in [-0.3, -0.25) is 0 Å². The standard InChI is InChI=1S/C12H10ClNO/c1-9-4-2-3-5-11(9)15-10-6-7-14-12(13)8-10/h2-8H,1H3. The number of nitrogens with zero attached hydrogens (tertiary/aromatic N) is 1. The van der Waals surface area contributed by atoms with Crippen LogP contribution < -0.4 is 4.74 Å². The lowest BCUT2D eigenvalue weighted by Crippen LogP contribution is -1.87. The Bertz CT molecular complexity index is 471. The summed E-state index contributed by atoms with van der Waals surface area (Å²) in [6.45, 7) is 2.00. The van der Waals surface area contributed by atoms with Crippen LogP contribution in [0.4, 0.5) is 0 Å². The van der Waals surface area contributed by atoms with Gasteiger partial charge in [0.1, 0.15) is 16.7 Å². The summed E-state index contributed by atoms with van der Waals surface area (Å²) in [6, 6.07) is 11.3. The van der Waals surface area contributed by atoms with Crippen molar-refractivity contribution in [2.45, 2.75) is 6.92 Å². The molecule has 3 heteroatoms. The average molecular weight is 220 g/mol. The monoisotopic (exact) mass is 219 g/mol. The van der Waals surface area contributed by atoms with Crippen LogP contribution in [-0.4, -0.2) is 4.98 Å². The zero-order valence-electron chi connectivity index (χ0n) is 8.27. The summed E-state index contributed by atoms with van der Waals surface area (Å²) < 4.78 is 5.67. The van der Waals surface area contributed by atoms with Crippen LogP contribution in [-0.2, 0) is 0 Å². The molecule has 0 bridgehead atoms. The summed E-state index contributed by atoms with van der Waals surface area (Å²) >= 11 is 5.76. The van der Waals surface area contributed by atoms with Crippen molar-refractivity contribution >= 4 is 11.6 Å². The normalized spacial score (nSPS) is 10.0. The maximum atomic E-state index is 5.76. The van der Waals surface area contributed by atoms with Gasteiger partial charge in [-0.05, 0) is 24.6 Å². The Hall–Kier alpha value is -1.54. The molecule has 0 aliphatic carbocycles. The van der Waals surface area contributed by atoms with Gasteiger partial charge in [-0.25, -0.2) is 4.98 Å². The molecule has 2 aromatic rings. The van der Waals surface area contributed by atoms with E-state index in [0.717, 1.165) is 11.3 Å². The highest BCUT2D eigenvalue weighted by molar-refractivity contribution is 6.29. The molecule has 0 aliphatic rings. The van der Waals surface area contributed by atoms with Crippen LogP contribution in [0.3, 0.4) is 0 Å². The first-order chi connectivity index (χ1) is 7.25. The zero-order chi connectivity index (χ0) is 10.7. The third kappa shape index (κ3) is 2.48. The smallest absolute Gasteiger partial charge is 0.132 e. The molecule has 1 aromatic carbocycles. The summed E-state index contributed by atoms with van der Waals surface area (Å²) in [5, 5.41) is 0.432. The lowest BCUT2D eigenvalue weighted by atomic mass is 10.2. The van der Waals surface area contributed by atoms with Gasteiger partial charge in [-0.1, -0.05) is 29.8 Å². The minimum Gasteiger partial charge on any atom is -0.457 e. The van der Waals surface area contributed by atoms with Gasteiger partial charge in [0.25, 0.3) is 0 Å². The number of halogens is 1. The van der Waals surface area contributed by atoms with E-state index in [4.69, 9.17) is 16.3 Å². The number of aromatic nitrogens is 1. The molecule has 15 heavy (non-hydrogen) atoms. The van der Waals surface area contributed by atoms with Crippen LogP contribution in [0.15, 0.2) is 42.6 Å². The maximum absolute atomic E-state index is 5.76. The van der Waals surface area contributed by atoms with E-state index < -0.39 is 0 Å². The molecular formula is C12H10ClNO. The largest absolute Gasteiger partial charge is 0.457 e. The van der Waals surface area contributed by atoms with Crippen molar-refractivity contribution in [3.63, 3.8) is 0 Å². The third-order valence-electron chi connectivity index (χ3n) is 2.02. The Balaban J connectivity index is 2.26. The summed E-state index contributed by atoms with van der Waals surface area (Å²) in [4.78, 5) is 3.89. The first kappa shape index (κ1) is 9.99. The predicted molar refractivity (Wildman–Crippen MR) is 60.5 cm³/mol. The molecule has 1 aromatic heterocycles. The summed E-state index contributed by atoms with van der Waals surface area (Å²) in [7, 11) is 0. The van der Waals surface area contributed by atoms with E-state index >= 15 is 0 Å². The van der Waals surface area contributed by atoms with E-state index in [2.05, 4.69) is 4.98 Å². The van der Waals surface area contributed by atoms with Gasteiger partial charge in [0.05, 0.1) is 0 Å². The van der Waals surface area contributed by atoms with Gasteiger partial charge in [0, 0.05) is 12.3 Å². The minimum absolute atomic E-state index is 0.432. The molecule has 2 rings (SSSR count). The van der Waals surface area contributed by atoms with Crippen molar-refractivity contribution in [3.05, 3.63) is 53.3 Å². The molecule has 0 radical (unpaired) electrons. The molecule has 0 N–H and O–H groups in total. The van der Waals surface area contributed by atoms with Gasteiger partial charge >= 0.3 is 0 Å². The fraction of sp³-hybridized carbons (Fsp3) is 0.0833. The van der Waals surface area contributed by atoms with E-state index in [0.29, 0.717) is 10.9 Å². The van der Waals surface area contributed by atoms with E-state index in [1.54, 1.807) is 18.3 Å². The Morgan fingerprint density at radius 1 is 1.20 bits per heavy atom. The second-order valence-electron chi connectivity index (χ2n) is 3.18. The molecule has 0 fully saturated rings. The average Bonchev–Trinajstić information content (AvgIpc) is 2.22. The van der Waals surface area contributed by atoms with E-state index in [1.165, 1.54) is 0 Å². The van der Waals surface area contributed by atoms with Crippen molar-refractivity contribution in [2.24, 2.45) is 0 Å². The van der Waals surface area contributed by atoms with Gasteiger partial charge in [0.2, 0.25) is 0 Å². The van der Waals surface area contributed by atoms with Gasteiger partial charge < -0.3 is 4.74 Å². The summed E-state index contributed by atoms with van der Waals surface area (Å²) in [5.74, 6) is 1.53. The third-order valence-corrected chi connectivity index (χ3v) is 2.23. The van der Waals surface area contributed by atoms with Crippen molar-refractivity contribution in [3.8, 4) is 11.5 Å². The first-order valence-corrected chi connectivity index (χ1v) is 4.98. The van der Waals surface area contributed by atoms with Crippen LogP contribution in [0.2, 0.25) is 5.15 Å². The minimum atomic E-state index is 0.432. The van der Waals surface area contributed by atoms with E-state index in [-0.39, 0.29) is 0 Å². The highest BCUT2D eigenvalue weighted by Crippen LogP contribution is 2.25. The SMILES string of the molecule is Cc1ccccc1Oc1ccnc(Cl)c1. The zero-order valence-corrected chi connectivity index (χ0v) is 9.03. The Labute approximate surface area is 93.5 Å². The number of para-hydroxylation sites is 1. The van der Waals surface area contributed by atoms with Crippen molar-refractivity contribution in [1.29, 1.82) is 0 Å².